The molecule has 1 rings (SSSR count). The molecular formula is C15H23ClN4O3. The molecule has 1 aromatic rings. The van der Waals surface area contributed by atoms with Gasteiger partial charge in [-0.25, -0.2) is 0 Å². The summed E-state index contributed by atoms with van der Waals surface area (Å²) in [6.45, 7) is 2.20. The van der Waals surface area contributed by atoms with E-state index in [-0.39, 0.29) is 37.4 Å². The van der Waals surface area contributed by atoms with Crippen molar-refractivity contribution in [1.82, 2.24) is 4.90 Å². The fourth-order valence-electron chi connectivity index (χ4n) is 1.90. The van der Waals surface area contributed by atoms with Crippen molar-refractivity contribution in [2.45, 2.75) is 25.8 Å². The molecule has 128 valence electrons. The highest BCUT2D eigenvalue weighted by Gasteiger charge is 2.20. The normalized spacial score (nSPS) is 11.0. The lowest BCUT2D eigenvalue weighted by Gasteiger charge is -2.21. The van der Waals surface area contributed by atoms with Gasteiger partial charge in [-0.15, -0.1) is 12.4 Å². The lowest BCUT2D eigenvalue weighted by Crippen LogP contribution is -2.42. The predicted octanol–water partition coefficient (Wildman–Crippen LogP) is 1.11. The molecule has 0 aliphatic rings. The zero-order chi connectivity index (χ0) is 16.5. The molecule has 0 fully saturated rings. The summed E-state index contributed by atoms with van der Waals surface area (Å²) in [4.78, 5) is 24.9. The topological polar surface area (TPSA) is 122 Å². The number of guanidine groups is 1. The zero-order valence-electron chi connectivity index (χ0n) is 13.0. The Morgan fingerprint density at radius 1 is 1.30 bits per heavy atom. The van der Waals surface area contributed by atoms with Crippen molar-refractivity contribution in [3.05, 3.63) is 35.9 Å². The highest BCUT2D eigenvalue weighted by atomic mass is 35.5. The van der Waals surface area contributed by atoms with E-state index in [1.54, 1.807) is 37.3 Å². The zero-order valence-corrected chi connectivity index (χ0v) is 13.8. The minimum Gasteiger partial charge on any atom is -0.465 e. The second-order valence-electron chi connectivity index (χ2n) is 4.71. The number of nitrogens with one attached hydrogen (secondary N) is 1. The number of carbonyl (C=O) groups excluding carboxylic acids is 2. The molecule has 0 saturated carbocycles. The number of carbonyl (C=O) groups is 2. The lowest BCUT2D eigenvalue weighted by atomic mass is 10.1. The van der Waals surface area contributed by atoms with Gasteiger partial charge in [0.1, 0.15) is 6.04 Å². The number of benzene rings is 1. The third kappa shape index (κ3) is 6.66. The van der Waals surface area contributed by atoms with E-state index in [1.807, 2.05) is 0 Å². The molecule has 0 saturated heterocycles. The molecular weight excluding hydrogens is 320 g/mol. The van der Waals surface area contributed by atoms with Crippen LogP contribution in [0.1, 0.15) is 30.1 Å². The number of rotatable bonds is 7. The number of ether oxygens (including phenoxy) is 1. The van der Waals surface area contributed by atoms with Crippen molar-refractivity contribution in [1.29, 1.82) is 5.41 Å². The van der Waals surface area contributed by atoms with Crippen LogP contribution < -0.4 is 11.5 Å². The van der Waals surface area contributed by atoms with Gasteiger partial charge >= 0.3 is 5.97 Å². The van der Waals surface area contributed by atoms with Gasteiger partial charge in [-0.1, -0.05) is 18.2 Å². The summed E-state index contributed by atoms with van der Waals surface area (Å²) in [5, 5.41) is 7.53. The Labute approximate surface area is 141 Å². The maximum Gasteiger partial charge on any atom is 0.322 e. The van der Waals surface area contributed by atoms with Gasteiger partial charge in [0, 0.05) is 12.1 Å². The fourth-order valence-corrected chi connectivity index (χ4v) is 1.90. The van der Waals surface area contributed by atoms with Gasteiger partial charge in [0.2, 0.25) is 0 Å². The van der Waals surface area contributed by atoms with Gasteiger partial charge in [0.05, 0.1) is 6.61 Å². The molecule has 0 bridgehead atoms. The number of amides is 1. The molecule has 7 nitrogen and oxygen atoms in total. The van der Waals surface area contributed by atoms with Crippen molar-refractivity contribution >= 4 is 30.2 Å². The number of hydrogen-bond acceptors (Lipinski definition) is 5. The monoisotopic (exact) mass is 342 g/mol. The lowest BCUT2D eigenvalue weighted by molar-refractivity contribution is -0.144. The largest absolute Gasteiger partial charge is 0.465 e. The van der Waals surface area contributed by atoms with E-state index in [9.17, 15) is 9.59 Å². The molecule has 1 atom stereocenters. The molecule has 0 heterocycles. The Morgan fingerprint density at radius 2 is 1.91 bits per heavy atom. The summed E-state index contributed by atoms with van der Waals surface area (Å²) in [5.74, 6) is -1.15. The Balaban J connectivity index is 0.00000484. The van der Waals surface area contributed by atoms with Crippen LogP contribution in [0, 0.1) is 5.41 Å². The van der Waals surface area contributed by atoms with Crippen molar-refractivity contribution in [2.75, 3.05) is 13.2 Å². The first-order chi connectivity index (χ1) is 10.5. The van der Waals surface area contributed by atoms with Gasteiger partial charge in [0.15, 0.2) is 5.96 Å². The third-order valence-electron chi connectivity index (χ3n) is 3.04. The van der Waals surface area contributed by atoms with E-state index >= 15 is 0 Å². The molecule has 1 aromatic carbocycles. The summed E-state index contributed by atoms with van der Waals surface area (Å²) < 4.78 is 4.81. The maximum absolute atomic E-state index is 12.3. The van der Waals surface area contributed by atoms with Gasteiger partial charge in [0.25, 0.3) is 5.91 Å². The quantitative estimate of drug-likeness (QED) is 0.389. The van der Waals surface area contributed by atoms with Crippen molar-refractivity contribution in [3.63, 3.8) is 0 Å². The number of esters is 1. The van der Waals surface area contributed by atoms with E-state index < -0.39 is 12.0 Å². The second-order valence-corrected chi connectivity index (χ2v) is 4.71. The van der Waals surface area contributed by atoms with Gasteiger partial charge < -0.3 is 16.2 Å². The molecule has 0 radical (unpaired) electrons. The van der Waals surface area contributed by atoms with Crippen LogP contribution in [-0.4, -0.2) is 41.9 Å². The second kappa shape index (κ2) is 10.6. The summed E-state index contributed by atoms with van der Waals surface area (Å²) in [6.07, 6.45) is 0.794. The Hall–Kier alpha value is -2.12. The van der Waals surface area contributed by atoms with Crippen LogP contribution >= 0.6 is 12.4 Å². The van der Waals surface area contributed by atoms with Gasteiger partial charge in [-0.2, -0.15) is 0 Å². The Kier molecular flexibility index (Phi) is 9.60. The van der Waals surface area contributed by atoms with Crippen LogP contribution in [0.4, 0.5) is 0 Å². The molecule has 1 amide bonds. The van der Waals surface area contributed by atoms with E-state index in [1.165, 1.54) is 0 Å². The Bertz CT molecular complexity index is 525. The van der Waals surface area contributed by atoms with Crippen LogP contribution in [0.25, 0.3) is 0 Å². The number of hydrogen-bond donors (Lipinski definition) is 3. The smallest absolute Gasteiger partial charge is 0.322 e. The maximum atomic E-state index is 12.3. The molecule has 8 heteroatoms. The SMILES string of the molecule is CCOC(=O)[C@@H](N)CCCN(C(=N)N)C(=O)c1ccccc1.Cl. The van der Waals surface area contributed by atoms with Gasteiger partial charge in [-0.3, -0.25) is 19.9 Å². The molecule has 5 N–H and O–H groups in total. The highest BCUT2D eigenvalue weighted by molar-refractivity contribution is 6.04. The molecule has 0 spiro atoms. The van der Waals surface area contributed by atoms with Crippen molar-refractivity contribution in [3.8, 4) is 0 Å². The standard InChI is InChI=1S/C15H22N4O3.ClH/c1-2-22-14(21)12(16)9-6-10-19(15(17)18)13(20)11-7-4-3-5-8-11;/h3-5,7-8,12H,2,6,9-10,16H2,1H3,(H3,17,18);1H/t12-;/m0./s1. The van der Waals surface area contributed by atoms with E-state index in [0.29, 0.717) is 18.4 Å². The minimum atomic E-state index is -0.736. The number of halogens is 1. The van der Waals surface area contributed by atoms with Crippen molar-refractivity contribution < 1.29 is 14.3 Å². The fraction of sp³-hybridized carbons (Fsp3) is 0.400. The van der Waals surface area contributed by atoms with Crippen LogP contribution in [0.3, 0.4) is 0 Å². The van der Waals surface area contributed by atoms with Crippen molar-refractivity contribution in [2.24, 2.45) is 11.5 Å². The molecule has 23 heavy (non-hydrogen) atoms. The average Bonchev–Trinajstić information content (AvgIpc) is 2.51. The Morgan fingerprint density at radius 3 is 2.43 bits per heavy atom. The first-order valence-electron chi connectivity index (χ1n) is 7.10. The minimum absolute atomic E-state index is 0. The first-order valence-corrected chi connectivity index (χ1v) is 7.10. The summed E-state index contributed by atoms with van der Waals surface area (Å²) in [7, 11) is 0. The predicted molar refractivity (Wildman–Crippen MR) is 90.5 cm³/mol. The van der Waals surface area contributed by atoms with Gasteiger partial charge in [-0.05, 0) is 31.9 Å². The van der Waals surface area contributed by atoms with E-state index in [4.69, 9.17) is 21.6 Å². The number of nitrogens with zero attached hydrogens (tertiary/aromatic N) is 1. The van der Waals surface area contributed by atoms with Crippen LogP contribution in [0.15, 0.2) is 30.3 Å². The van der Waals surface area contributed by atoms with Crippen LogP contribution in [0.5, 0.6) is 0 Å². The van der Waals surface area contributed by atoms with E-state index in [0.717, 1.165) is 4.90 Å². The molecule has 0 aliphatic heterocycles. The molecule has 0 aliphatic carbocycles. The first kappa shape index (κ1) is 20.9. The van der Waals surface area contributed by atoms with Crippen LogP contribution in [-0.2, 0) is 9.53 Å². The molecule has 0 unspecified atom stereocenters. The number of nitrogens with two attached hydrogens (primary N) is 2. The van der Waals surface area contributed by atoms with Crippen LogP contribution in [0.2, 0.25) is 0 Å². The third-order valence-corrected chi connectivity index (χ3v) is 3.04. The summed E-state index contributed by atoms with van der Waals surface area (Å²) in [6, 6.07) is 7.85. The van der Waals surface area contributed by atoms with E-state index in [2.05, 4.69) is 0 Å². The molecule has 0 aromatic heterocycles. The highest BCUT2D eigenvalue weighted by Crippen LogP contribution is 2.07. The summed E-state index contributed by atoms with van der Waals surface area (Å²) in [5.41, 5.74) is 11.6. The average molecular weight is 343 g/mol. The summed E-state index contributed by atoms with van der Waals surface area (Å²) >= 11 is 0.